The highest BCUT2D eigenvalue weighted by Gasteiger charge is 2.38. The molecular weight excluding hydrogens is 631 g/mol. The number of hydrogen-bond donors (Lipinski definition) is 0. The molecule has 7 aromatic carbocycles. The summed E-state index contributed by atoms with van der Waals surface area (Å²) in [7, 11) is 0. The number of nitrogens with zero attached hydrogens (tertiary/aromatic N) is 3. The van der Waals surface area contributed by atoms with Gasteiger partial charge < -0.3 is 0 Å². The molecule has 3 heteroatoms. The molecule has 0 saturated carbocycles. The molecule has 0 unspecified atom stereocenters. The van der Waals surface area contributed by atoms with Crippen molar-refractivity contribution in [3.63, 3.8) is 0 Å². The van der Waals surface area contributed by atoms with Crippen LogP contribution >= 0.6 is 0 Å². The highest BCUT2D eigenvalue weighted by molar-refractivity contribution is 5.92. The summed E-state index contributed by atoms with van der Waals surface area (Å²) >= 11 is 0. The van der Waals surface area contributed by atoms with Gasteiger partial charge in [0, 0.05) is 27.5 Å². The van der Waals surface area contributed by atoms with Crippen LogP contribution in [-0.2, 0) is 10.8 Å². The molecule has 0 fully saturated rings. The largest absolute Gasteiger partial charge is 0.208 e. The predicted octanol–water partition coefficient (Wildman–Crippen LogP) is 12.3. The van der Waals surface area contributed by atoms with Gasteiger partial charge in [0.2, 0.25) is 0 Å². The van der Waals surface area contributed by atoms with E-state index in [0.717, 1.165) is 22.3 Å². The lowest BCUT2D eigenvalue weighted by atomic mass is 9.82. The van der Waals surface area contributed by atoms with E-state index in [1.165, 1.54) is 60.8 Å². The maximum atomic E-state index is 5.29. The van der Waals surface area contributed by atoms with Gasteiger partial charge in [-0.15, -0.1) is 0 Å². The molecule has 0 spiro atoms. The summed E-state index contributed by atoms with van der Waals surface area (Å²) in [6.45, 7) is 9.25. The fourth-order valence-corrected chi connectivity index (χ4v) is 8.74. The topological polar surface area (TPSA) is 38.7 Å². The summed E-state index contributed by atoms with van der Waals surface area (Å²) in [5.41, 5.74) is 15.4. The number of rotatable bonds is 4. The molecule has 3 nitrogen and oxygen atoms in total. The Hall–Kier alpha value is -6.19. The van der Waals surface area contributed by atoms with Crippen LogP contribution < -0.4 is 0 Å². The van der Waals surface area contributed by atoms with Gasteiger partial charge in [-0.25, -0.2) is 15.0 Å². The molecular formula is C49H37N3. The van der Waals surface area contributed by atoms with E-state index in [9.17, 15) is 0 Å². The van der Waals surface area contributed by atoms with Crippen LogP contribution in [0.3, 0.4) is 0 Å². The first-order valence-electron chi connectivity index (χ1n) is 18.1. The van der Waals surface area contributed by atoms with Crippen LogP contribution in [0.2, 0.25) is 0 Å². The second-order valence-electron chi connectivity index (χ2n) is 15.3. The zero-order valence-corrected chi connectivity index (χ0v) is 29.8. The lowest BCUT2D eigenvalue weighted by molar-refractivity contribution is 0.660. The molecule has 8 aromatic rings. The second-order valence-corrected chi connectivity index (χ2v) is 15.3. The third kappa shape index (κ3) is 4.55. The van der Waals surface area contributed by atoms with Crippen molar-refractivity contribution < 1.29 is 0 Å². The molecule has 2 aliphatic rings. The average Bonchev–Trinajstić information content (AvgIpc) is 3.57. The summed E-state index contributed by atoms with van der Waals surface area (Å²) < 4.78 is 0. The van der Waals surface area contributed by atoms with Crippen LogP contribution in [0.5, 0.6) is 0 Å². The van der Waals surface area contributed by atoms with Gasteiger partial charge in [0.1, 0.15) is 0 Å². The smallest absolute Gasteiger partial charge is 0.164 e. The highest BCUT2D eigenvalue weighted by atomic mass is 15.0. The zero-order chi connectivity index (χ0) is 35.2. The maximum absolute atomic E-state index is 5.29. The van der Waals surface area contributed by atoms with Crippen molar-refractivity contribution in [2.24, 2.45) is 0 Å². The average molecular weight is 668 g/mol. The van der Waals surface area contributed by atoms with Crippen molar-refractivity contribution in [3.05, 3.63) is 174 Å². The van der Waals surface area contributed by atoms with Crippen LogP contribution in [0.1, 0.15) is 49.9 Å². The third-order valence-corrected chi connectivity index (χ3v) is 11.6. The zero-order valence-electron chi connectivity index (χ0n) is 29.8. The number of hydrogen-bond acceptors (Lipinski definition) is 3. The molecule has 0 atom stereocenters. The molecule has 0 amide bonds. The summed E-state index contributed by atoms with van der Waals surface area (Å²) in [4.78, 5) is 15.7. The highest BCUT2D eigenvalue weighted by Crippen LogP contribution is 2.52. The molecule has 0 radical (unpaired) electrons. The van der Waals surface area contributed by atoms with E-state index in [4.69, 9.17) is 15.0 Å². The summed E-state index contributed by atoms with van der Waals surface area (Å²) in [6.07, 6.45) is 0. The van der Waals surface area contributed by atoms with Gasteiger partial charge >= 0.3 is 0 Å². The fraction of sp³-hybridized carbons (Fsp3) is 0.122. The molecule has 2 aliphatic carbocycles. The van der Waals surface area contributed by atoms with E-state index in [2.05, 4.69) is 179 Å². The van der Waals surface area contributed by atoms with Gasteiger partial charge in [-0.05, 0) is 78.5 Å². The van der Waals surface area contributed by atoms with E-state index >= 15 is 0 Å². The Bertz CT molecular complexity index is 2740. The molecule has 0 N–H and O–H groups in total. The molecule has 10 rings (SSSR count). The predicted molar refractivity (Wildman–Crippen MR) is 214 cm³/mol. The molecule has 1 heterocycles. The Morgan fingerprint density at radius 2 is 0.846 bits per heavy atom. The van der Waals surface area contributed by atoms with E-state index < -0.39 is 0 Å². The molecule has 0 saturated heterocycles. The van der Waals surface area contributed by atoms with E-state index in [-0.39, 0.29) is 10.8 Å². The lowest BCUT2D eigenvalue weighted by Crippen LogP contribution is -2.14. The van der Waals surface area contributed by atoms with E-state index in [0.29, 0.717) is 17.5 Å². The van der Waals surface area contributed by atoms with Crippen molar-refractivity contribution in [1.29, 1.82) is 0 Å². The first-order chi connectivity index (χ1) is 25.3. The molecule has 248 valence electrons. The van der Waals surface area contributed by atoms with Crippen LogP contribution in [0.25, 0.3) is 78.3 Å². The van der Waals surface area contributed by atoms with E-state index in [1.807, 2.05) is 0 Å². The van der Waals surface area contributed by atoms with Gasteiger partial charge in [-0.3, -0.25) is 0 Å². The Morgan fingerprint density at radius 3 is 1.63 bits per heavy atom. The summed E-state index contributed by atoms with van der Waals surface area (Å²) in [5, 5.41) is 2.47. The minimum atomic E-state index is -0.126. The minimum absolute atomic E-state index is 0.0720. The number of aromatic nitrogens is 3. The van der Waals surface area contributed by atoms with Crippen LogP contribution in [-0.4, -0.2) is 15.0 Å². The van der Waals surface area contributed by atoms with Gasteiger partial charge in [0.25, 0.3) is 0 Å². The second kappa shape index (κ2) is 11.2. The molecule has 0 aliphatic heterocycles. The minimum Gasteiger partial charge on any atom is -0.208 e. The van der Waals surface area contributed by atoms with Crippen LogP contribution in [0, 0.1) is 0 Å². The Balaban J connectivity index is 1.15. The molecule has 52 heavy (non-hydrogen) atoms. The monoisotopic (exact) mass is 667 g/mol. The molecule has 1 aromatic heterocycles. The van der Waals surface area contributed by atoms with Crippen LogP contribution in [0.4, 0.5) is 0 Å². The third-order valence-electron chi connectivity index (χ3n) is 11.6. The lowest BCUT2D eigenvalue weighted by Gasteiger charge is -2.21. The fourth-order valence-electron chi connectivity index (χ4n) is 8.74. The SMILES string of the molecule is CC1(C)c2ccccc2-c2cc(-c3nc(-c4ccc(-c5ccc6ccccc6c5)cc4)nc(-c4cccc5c4-c4ccccc4C5(C)C)n3)ccc21. The van der Waals surface area contributed by atoms with Crippen molar-refractivity contribution in [2.45, 2.75) is 38.5 Å². The van der Waals surface area contributed by atoms with E-state index in [1.54, 1.807) is 0 Å². The van der Waals surface area contributed by atoms with Crippen LogP contribution in [0.15, 0.2) is 152 Å². The van der Waals surface area contributed by atoms with Crippen molar-refractivity contribution in [2.75, 3.05) is 0 Å². The van der Waals surface area contributed by atoms with Crippen molar-refractivity contribution in [1.82, 2.24) is 15.0 Å². The van der Waals surface area contributed by atoms with Gasteiger partial charge in [0.05, 0.1) is 0 Å². The standard InChI is InChI=1S/C49H37N3/c1-48(2)40-17-9-7-14-36(40)39-29-35(26-27-42(39)48)46-50-45(32-23-20-31(21-24-32)34-25-22-30-12-5-6-13-33(30)28-34)51-47(52-46)38-16-11-19-43-44(38)37-15-8-10-18-41(37)49(43,3)4/h5-29H,1-4H3. The number of benzene rings is 7. The quantitative estimate of drug-likeness (QED) is 0.187. The van der Waals surface area contributed by atoms with Crippen molar-refractivity contribution in [3.8, 4) is 67.5 Å². The summed E-state index contributed by atoms with van der Waals surface area (Å²) in [5.74, 6) is 2.02. The molecule has 0 bridgehead atoms. The Labute approximate surface area is 304 Å². The van der Waals surface area contributed by atoms with Gasteiger partial charge in [-0.2, -0.15) is 0 Å². The normalized spacial score (nSPS) is 14.5. The first-order valence-corrected chi connectivity index (χ1v) is 18.1. The van der Waals surface area contributed by atoms with Gasteiger partial charge in [0.15, 0.2) is 17.5 Å². The Morgan fingerprint density at radius 1 is 0.327 bits per heavy atom. The maximum Gasteiger partial charge on any atom is 0.164 e. The Kier molecular flexibility index (Phi) is 6.57. The summed E-state index contributed by atoms with van der Waals surface area (Å²) in [6, 6.07) is 54.6. The van der Waals surface area contributed by atoms with Crippen molar-refractivity contribution >= 4 is 10.8 Å². The number of fused-ring (bicyclic) bond motifs is 7. The first kappa shape index (κ1) is 30.6. The van der Waals surface area contributed by atoms with Gasteiger partial charge in [-0.1, -0.05) is 167 Å².